The maximum atomic E-state index is 13.4. The summed E-state index contributed by atoms with van der Waals surface area (Å²) in [5.74, 6) is -0.493. The van der Waals surface area contributed by atoms with Crippen LogP contribution in [0.4, 0.5) is 4.39 Å². The first kappa shape index (κ1) is 20.5. The van der Waals surface area contributed by atoms with Crippen LogP contribution in [0.1, 0.15) is 49.2 Å². The first-order valence-electron chi connectivity index (χ1n) is 9.82. The zero-order valence-corrected chi connectivity index (χ0v) is 17.5. The molecule has 0 radical (unpaired) electrons. The standard InChI is InChI=1S/C22H27FN2O2S/c1-4-11-24(22(27)15(2)3)14-20(26)25-12-9-19-18(10-13-28-19)21(25)16-5-7-17(23)8-6-16/h5-8,10,13,15,21H,4,9,11-12,14H2,1-3H3. The lowest BCUT2D eigenvalue weighted by molar-refractivity contribution is -0.143. The third kappa shape index (κ3) is 4.27. The van der Waals surface area contributed by atoms with Gasteiger partial charge in [-0.1, -0.05) is 32.9 Å². The number of carbonyl (C=O) groups excluding carboxylic acids is 2. The molecule has 0 aliphatic carbocycles. The molecule has 28 heavy (non-hydrogen) atoms. The van der Waals surface area contributed by atoms with Crippen molar-refractivity contribution >= 4 is 23.2 Å². The largest absolute Gasteiger partial charge is 0.333 e. The van der Waals surface area contributed by atoms with Crippen molar-refractivity contribution in [3.63, 3.8) is 0 Å². The molecule has 4 nitrogen and oxygen atoms in total. The number of carbonyl (C=O) groups is 2. The third-order valence-electron chi connectivity index (χ3n) is 5.10. The highest BCUT2D eigenvalue weighted by Gasteiger charge is 2.34. The van der Waals surface area contributed by atoms with Gasteiger partial charge in [-0.2, -0.15) is 0 Å². The fourth-order valence-electron chi connectivity index (χ4n) is 3.75. The number of rotatable bonds is 6. The minimum atomic E-state index is -0.292. The van der Waals surface area contributed by atoms with Crippen LogP contribution in [0.25, 0.3) is 0 Å². The predicted octanol–water partition coefficient (Wildman–Crippen LogP) is 4.26. The van der Waals surface area contributed by atoms with Crippen LogP contribution in [-0.2, 0) is 16.0 Å². The van der Waals surface area contributed by atoms with Gasteiger partial charge in [0.05, 0.1) is 12.6 Å². The maximum absolute atomic E-state index is 13.4. The van der Waals surface area contributed by atoms with Crippen molar-refractivity contribution in [2.45, 2.75) is 39.7 Å². The number of hydrogen-bond donors (Lipinski definition) is 0. The van der Waals surface area contributed by atoms with Gasteiger partial charge >= 0.3 is 0 Å². The molecule has 1 aromatic heterocycles. The van der Waals surface area contributed by atoms with Crippen LogP contribution < -0.4 is 0 Å². The lowest BCUT2D eigenvalue weighted by Crippen LogP contribution is -2.47. The van der Waals surface area contributed by atoms with Gasteiger partial charge in [0, 0.05) is 23.9 Å². The van der Waals surface area contributed by atoms with Gasteiger partial charge in [0.2, 0.25) is 11.8 Å². The van der Waals surface area contributed by atoms with Gasteiger partial charge < -0.3 is 9.80 Å². The summed E-state index contributed by atoms with van der Waals surface area (Å²) < 4.78 is 13.4. The van der Waals surface area contributed by atoms with Crippen molar-refractivity contribution in [3.05, 3.63) is 57.5 Å². The Labute approximate surface area is 170 Å². The molecule has 0 saturated carbocycles. The molecule has 0 fully saturated rings. The summed E-state index contributed by atoms with van der Waals surface area (Å²) in [4.78, 5) is 30.5. The molecule has 6 heteroatoms. The number of halogens is 1. The summed E-state index contributed by atoms with van der Waals surface area (Å²) >= 11 is 1.69. The van der Waals surface area contributed by atoms with E-state index in [9.17, 15) is 14.0 Å². The molecule has 1 aliphatic rings. The summed E-state index contributed by atoms with van der Waals surface area (Å²) in [7, 11) is 0. The summed E-state index contributed by atoms with van der Waals surface area (Å²) in [5.41, 5.74) is 2.00. The van der Waals surface area contributed by atoms with Crippen molar-refractivity contribution < 1.29 is 14.0 Å². The van der Waals surface area contributed by atoms with E-state index in [1.807, 2.05) is 31.1 Å². The number of thiophene rings is 1. The SMILES string of the molecule is CCCN(CC(=O)N1CCc2sccc2C1c1ccc(F)cc1)C(=O)C(C)C. The molecular weight excluding hydrogens is 375 g/mol. The molecule has 2 aromatic rings. The predicted molar refractivity (Wildman–Crippen MR) is 110 cm³/mol. The van der Waals surface area contributed by atoms with Crippen molar-refractivity contribution in [3.8, 4) is 0 Å². The monoisotopic (exact) mass is 402 g/mol. The highest BCUT2D eigenvalue weighted by molar-refractivity contribution is 7.10. The Bertz CT molecular complexity index is 831. The molecule has 1 unspecified atom stereocenters. The van der Waals surface area contributed by atoms with Gasteiger partial charge in [-0.25, -0.2) is 4.39 Å². The molecule has 1 aliphatic heterocycles. The molecule has 0 bridgehead atoms. The second kappa shape index (κ2) is 8.86. The first-order chi connectivity index (χ1) is 13.4. The van der Waals surface area contributed by atoms with Crippen LogP contribution in [-0.4, -0.2) is 41.2 Å². The highest BCUT2D eigenvalue weighted by atomic mass is 32.1. The maximum Gasteiger partial charge on any atom is 0.242 e. The van der Waals surface area contributed by atoms with Crippen molar-refractivity contribution in [2.24, 2.45) is 5.92 Å². The second-order valence-corrected chi connectivity index (χ2v) is 8.51. The van der Waals surface area contributed by atoms with Crippen LogP contribution in [0.2, 0.25) is 0 Å². The number of fused-ring (bicyclic) bond motifs is 1. The topological polar surface area (TPSA) is 40.6 Å². The summed E-state index contributed by atoms with van der Waals surface area (Å²) in [6.45, 7) is 6.98. The van der Waals surface area contributed by atoms with E-state index in [1.165, 1.54) is 17.0 Å². The molecule has 2 amide bonds. The van der Waals surface area contributed by atoms with E-state index in [2.05, 4.69) is 6.07 Å². The Morgan fingerprint density at radius 2 is 1.96 bits per heavy atom. The molecule has 2 heterocycles. The Hall–Kier alpha value is -2.21. The minimum absolute atomic E-state index is 0.00163. The summed E-state index contributed by atoms with van der Waals surface area (Å²) in [5, 5.41) is 2.04. The van der Waals surface area contributed by atoms with Gasteiger partial charge in [-0.3, -0.25) is 9.59 Å². The van der Waals surface area contributed by atoms with Crippen molar-refractivity contribution in [2.75, 3.05) is 19.6 Å². The fraction of sp³-hybridized carbons (Fsp3) is 0.455. The van der Waals surface area contributed by atoms with Crippen molar-refractivity contribution in [1.82, 2.24) is 9.80 Å². The zero-order chi connectivity index (χ0) is 20.3. The molecule has 3 rings (SSSR count). The van der Waals surface area contributed by atoms with Crippen LogP contribution in [0, 0.1) is 11.7 Å². The van der Waals surface area contributed by atoms with Gasteiger partial charge in [0.1, 0.15) is 5.82 Å². The smallest absolute Gasteiger partial charge is 0.242 e. The molecule has 1 aromatic carbocycles. The van der Waals surface area contributed by atoms with E-state index in [0.29, 0.717) is 13.1 Å². The lowest BCUT2D eigenvalue weighted by Gasteiger charge is -2.37. The Kier molecular flexibility index (Phi) is 6.50. The molecule has 0 spiro atoms. The normalized spacial score (nSPS) is 16.2. The van der Waals surface area contributed by atoms with E-state index in [4.69, 9.17) is 0 Å². The summed E-state index contributed by atoms with van der Waals surface area (Å²) in [6, 6.07) is 8.18. The van der Waals surface area contributed by atoms with E-state index >= 15 is 0 Å². The molecule has 0 N–H and O–H groups in total. The Balaban J connectivity index is 1.89. The molecule has 150 valence electrons. The average molecular weight is 403 g/mol. The van der Waals surface area contributed by atoms with Crippen LogP contribution in [0.5, 0.6) is 0 Å². The van der Waals surface area contributed by atoms with Gasteiger partial charge in [0.25, 0.3) is 0 Å². The van der Waals surface area contributed by atoms with Gasteiger partial charge in [-0.05, 0) is 47.5 Å². The lowest BCUT2D eigenvalue weighted by atomic mass is 9.93. The minimum Gasteiger partial charge on any atom is -0.333 e. The molecular formula is C22H27FN2O2S. The van der Waals surface area contributed by atoms with Gasteiger partial charge in [-0.15, -0.1) is 11.3 Å². The fourth-order valence-corrected chi connectivity index (χ4v) is 4.65. The zero-order valence-electron chi connectivity index (χ0n) is 16.7. The van der Waals surface area contributed by atoms with Crippen LogP contribution >= 0.6 is 11.3 Å². The van der Waals surface area contributed by atoms with E-state index in [0.717, 1.165) is 24.0 Å². The molecule has 0 saturated heterocycles. The van der Waals surface area contributed by atoms with E-state index < -0.39 is 0 Å². The van der Waals surface area contributed by atoms with Crippen LogP contribution in [0.3, 0.4) is 0 Å². The second-order valence-electron chi connectivity index (χ2n) is 7.50. The first-order valence-corrected chi connectivity index (χ1v) is 10.7. The average Bonchev–Trinajstić information content (AvgIpc) is 3.15. The summed E-state index contributed by atoms with van der Waals surface area (Å²) in [6.07, 6.45) is 1.62. The van der Waals surface area contributed by atoms with Crippen molar-refractivity contribution in [1.29, 1.82) is 0 Å². The number of hydrogen-bond acceptors (Lipinski definition) is 3. The highest BCUT2D eigenvalue weighted by Crippen LogP contribution is 2.37. The number of amides is 2. The van der Waals surface area contributed by atoms with E-state index in [-0.39, 0.29) is 36.1 Å². The van der Waals surface area contributed by atoms with Gasteiger partial charge in [0.15, 0.2) is 0 Å². The third-order valence-corrected chi connectivity index (χ3v) is 6.09. The van der Waals surface area contributed by atoms with E-state index in [1.54, 1.807) is 28.4 Å². The number of nitrogens with zero attached hydrogens (tertiary/aromatic N) is 2. The van der Waals surface area contributed by atoms with Crippen LogP contribution in [0.15, 0.2) is 35.7 Å². The Morgan fingerprint density at radius 1 is 1.25 bits per heavy atom. The quantitative estimate of drug-likeness (QED) is 0.725. The molecule has 1 atom stereocenters. The number of benzene rings is 1. The Morgan fingerprint density at radius 3 is 2.61 bits per heavy atom.